The Morgan fingerprint density at radius 2 is 1.63 bits per heavy atom. The van der Waals surface area contributed by atoms with Gasteiger partial charge in [0.1, 0.15) is 0 Å². The highest BCUT2D eigenvalue weighted by molar-refractivity contribution is 6.15. The number of imidazole rings is 1. The maximum absolute atomic E-state index is 12.7. The third-order valence-electron chi connectivity index (χ3n) is 4.98. The average Bonchev–Trinajstić information content (AvgIpc) is 3.05. The van der Waals surface area contributed by atoms with Gasteiger partial charge in [-0.1, -0.05) is 36.4 Å². The van der Waals surface area contributed by atoms with Crippen LogP contribution in [0.1, 0.15) is 17.5 Å². The van der Waals surface area contributed by atoms with Crippen LogP contribution in [0.15, 0.2) is 58.9 Å². The summed E-state index contributed by atoms with van der Waals surface area (Å²) in [5.41, 5.74) is 3.69. The summed E-state index contributed by atoms with van der Waals surface area (Å²) in [6.07, 6.45) is 1.83. The zero-order chi connectivity index (χ0) is 19.1. The van der Waals surface area contributed by atoms with E-state index in [9.17, 15) is 14.4 Å². The molecule has 2 amide bonds. The highest BCUT2D eigenvalue weighted by atomic mass is 16.2. The molecular formula is C21H19N3O3. The van der Waals surface area contributed by atoms with Crippen molar-refractivity contribution in [1.29, 1.82) is 0 Å². The number of aryl methyl sites for hydroxylation is 2. The van der Waals surface area contributed by atoms with Crippen LogP contribution in [-0.2, 0) is 30.2 Å². The Morgan fingerprint density at radius 1 is 0.926 bits per heavy atom. The second-order valence-corrected chi connectivity index (χ2v) is 6.77. The van der Waals surface area contributed by atoms with Gasteiger partial charge < -0.3 is 0 Å². The van der Waals surface area contributed by atoms with Crippen molar-refractivity contribution in [2.45, 2.75) is 13.0 Å². The first kappa shape index (κ1) is 17.0. The minimum Gasteiger partial charge on any atom is -0.295 e. The van der Waals surface area contributed by atoms with E-state index in [-0.39, 0.29) is 30.5 Å². The molecule has 27 heavy (non-hydrogen) atoms. The van der Waals surface area contributed by atoms with Gasteiger partial charge in [-0.2, -0.15) is 0 Å². The molecule has 136 valence electrons. The van der Waals surface area contributed by atoms with Gasteiger partial charge in [-0.3, -0.25) is 23.6 Å². The summed E-state index contributed by atoms with van der Waals surface area (Å²) in [4.78, 5) is 38.4. The van der Waals surface area contributed by atoms with Crippen molar-refractivity contribution in [3.8, 4) is 0 Å². The third-order valence-corrected chi connectivity index (χ3v) is 4.98. The molecule has 4 rings (SSSR count). The lowest BCUT2D eigenvalue weighted by Gasteiger charge is -2.13. The molecule has 1 aromatic heterocycles. The van der Waals surface area contributed by atoms with Crippen molar-refractivity contribution in [1.82, 2.24) is 14.0 Å². The van der Waals surface area contributed by atoms with E-state index in [1.807, 2.05) is 48.5 Å². The van der Waals surface area contributed by atoms with Crippen LogP contribution in [0.2, 0.25) is 0 Å². The number of nitrogens with zero attached hydrogens (tertiary/aromatic N) is 3. The van der Waals surface area contributed by atoms with E-state index in [1.54, 1.807) is 29.3 Å². The van der Waals surface area contributed by atoms with Crippen LogP contribution < -0.4 is 5.69 Å². The molecular weight excluding hydrogens is 342 g/mol. The number of amides is 2. The molecule has 1 fully saturated rings. The molecule has 6 nitrogen and oxygen atoms in total. The predicted molar refractivity (Wildman–Crippen MR) is 103 cm³/mol. The first-order valence-electron chi connectivity index (χ1n) is 8.70. The molecule has 1 aliphatic heterocycles. The highest BCUT2D eigenvalue weighted by Gasteiger charge is 2.33. The molecule has 0 radical (unpaired) electrons. The highest BCUT2D eigenvalue weighted by Crippen LogP contribution is 2.24. The van der Waals surface area contributed by atoms with E-state index in [1.165, 1.54) is 4.90 Å². The molecule has 1 aliphatic rings. The minimum absolute atomic E-state index is 0.0947. The Bertz CT molecular complexity index is 1150. The van der Waals surface area contributed by atoms with Gasteiger partial charge in [-0.05, 0) is 29.3 Å². The van der Waals surface area contributed by atoms with Crippen LogP contribution in [0.5, 0.6) is 0 Å². The average molecular weight is 361 g/mol. The van der Waals surface area contributed by atoms with Gasteiger partial charge in [0.05, 0.1) is 24.0 Å². The minimum atomic E-state index is -0.258. The molecule has 1 saturated heterocycles. The fourth-order valence-corrected chi connectivity index (χ4v) is 3.47. The van der Waals surface area contributed by atoms with Crippen molar-refractivity contribution < 1.29 is 9.59 Å². The SMILES string of the molecule is Cn1c(=O)n(C)c2cc(/C=C3\CC(=O)N(Cc4ccccc4)C3=O)ccc21. The maximum Gasteiger partial charge on any atom is 0.328 e. The number of fused-ring (bicyclic) bond motifs is 1. The van der Waals surface area contributed by atoms with E-state index >= 15 is 0 Å². The lowest BCUT2D eigenvalue weighted by atomic mass is 10.1. The molecule has 0 saturated carbocycles. The molecule has 2 heterocycles. The van der Waals surface area contributed by atoms with E-state index in [0.29, 0.717) is 5.57 Å². The summed E-state index contributed by atoms with van der Waals surface area (Å²) in [6.45, 7) is 0.280. The molecule has 0 bridgehead atoms. The van der Waals surface area contributed by atoms with E-state index in [2.05, 4.69) is 0 Å². The fraction of sp³-hybridized carbons (Fsp3) is 0.190. The monoisotopic (exact) mass is 361 g/mol. The van der Waals surface area contributed by atoms with Crippen LogP contribution in [0.25, 0.3) is 17.1 Å². The normalized spacial score (nSPS) is 16.1. The smallest absolute Gasteiger partial charge is 0.295 e. The van der Waals surface area contributed by atoms with E-state index in [4.69, 9.17) is 0 Å². The van der Waals surface area contributed by atoms with Crippen LogP contribution in [0, 0.1) is 0 Å². The van der Waals surface area contributed by atoms with Gasteiger partial charge >= 0.3 is 5.69 Å². The Balaban J connectivity index is 1.65. The molecule has 0 spiro atoms. The van der Waals surface area contributed by atoms with Crippen LogP contribution in [-0.4, -0.2) is 25.8 Å². The largest absolute Gasteiger partial charge is 0.328 e. The Morgan fingerprint density at radius 3 is 2.37 bits per heavy atom. The maximum atomic E-state index is 12.7. The van der Waals surface area contributed by atoms with Gasteiger partial charge in [-0.15, -0.1) is 0 Å². The predicted octanol–water partition coefficient (Wildman–Crippen LogP) is 2.22. The fourth-order valence-electron chi connectivity index (χ4n) is 3.47. The van der Waals surface area contributed by atoms with Gasteiger partial charge in [-0.25, -0.2) is 4.79 Å². The molecule has 0 atom stereocenters. The zero-order valence-electron chi connectivity index (χ0n) is 15.2. The molecule has 3 aromatic rings. The molecule has 0 N–H and O–H groups in total. The lowest BCUT2D eigenvalue weighted by Crippen LogP contribution is -2.28. The van der Waals surface area contributed by atoms with Crippen molar-refractivity contribution in [3.05, 3.63) is 75.7 Å². The summed E-state index contributed by atoms with van der Waals surface area (Å²) in [6, 6.07) is 15.0. The quantitative estimate of drug-likeness (QED) is 0.531. The summed E-state index contributed by atoms with van der Waals surface area (Å²) >= 11 is 0. The molecule has 0 aliphatic carbocycles. The second kappa shape index (κ2) is 6.39. The van der Waals surface area contributed by atoms with Crippen molar-refractivity contribution in [2.75, 3.05) is 0 Å². The summed E-state index contributed by atoms with van der Waals surface area (Å²) in [5, 5.41) is 0. The van der Waals surface area contributed by atoms with E-state index in [0.717, 1.165) is 22.2 Å². The first-order valence-corrected chi connectivity index (χ1v) is 8.70. The van der Waals surface area contributed by atoms with Gasteiger partial charge in [0, 0.05) is 19.7 Å². The lowest BCUT2D eigenvalue weighted by molar-refractivity contribution is -0.138. The van der Waals surface area contributed by atoms with Crippen LogP contribution >= 0.6 is 0 Å². The number of benzene rings is 2. The number of aromatic nitrogens is 2. The molecule has 6 heteroatoms. The standard InChI is InChI=1S/C21H19N3O3/c1-22-17-9-8-15(11-18(17)23(2)21(22)27)10-16-12-19(25)24(20(16)26)13-14-6-4-3-5-7-14/h3-11H,12-13H2,1-2H3/b16-10+. The number of carbonyl (C=O) groups excluding carboxylic acids is 2. The summed E-state index contributed by atoms with van der Waals surface area (Å²) in [7, 11) is 3.44. The third kappa shape index (κ3) is 2.89. The number of rotatable bonds is 3. The van der Waals surface area contributed by atoms with Gasteiger partial charge in [0.25, 0.3) is 5.91 Å². The van der Waals surface area contributed by atoms with Crippen molar-refractivity contribution in [2.24, 2.45) is 14.1 Å². The van der Waals surface area contributed by atoms with Gasteiger partial charge in [0.15, 0.2) is 0 Å². The molecule has 0 unspecified atom stereocenters. The number of imide groups is 1. The van der Waals surface area contributed by atoms with Crippen LogP contribution in [0.4, 0.5) is 0 Å². The number of hydrogen-bond donors (Lipinski definition) is 0. The summed E-state index contributed by atoms with van der Waals surface area (Å²) < 4.78 is 3.15. The van der Waals surface area contributed by atoms with Crippen molar-refractivity contribution >= 4 is 28.9 Å². The Kier molecular flexibility index (Phi) is 4.03. The van der Waals surface area contributed by atoms with Crippen molar-refractivity contribution in [3.63, 3.8) is 0 Å². The Hall–Kier alpha value is -3.41. The molecule has 2 aromatic carbocycles. The second-order valence-electron chi connectivity index (χ2n) is 6.77. The van der Waals surface area contributed by atoms with Crippen LogP contribution in [0.3, 0.4) is 0 Å². The topological polar surface area (TPSA) is 64.3 Å². The number of likely N-dealkylation sites (tertiary alicyclic amines) is 1. The zero-order valence-corrected chi connectivity index (χ0v) is 15.2. The number of carbonyl (C=O) groups is 2. The first-order chi connectivity index (χ1) is 13.0. The van der Waals surface area contributed by atoms with E-state index < -0.39 is 0 Å². The number of hydrogen-bond acceptors (Lipinski definition) is 3. The summed E-state index contributed by atoms with van der Waals surface area (Å²) in [5.74, 6) is -0.450. The Labute approximate surface area is 155 Å². The van der Waals surface area contributed by atoms with Gasteiger partial charge in [0.2, 0.25) is 5.91 Å².